The molecule has 2 aromatic heterocycles. The lowest BCUT2D eigenvalue weighted by molar-refractivity contribution is 0.0432. The second kappa shape index (κ2) is 5.78. The average molecular weight is 325 g/mol. The van der Waals surface area contributed by atoms with Crippen molar-refractivity contribution in [2.75, 3.05) is 0 Å². The number of rotatable bonds is 3. The fourth-order valence-corrected chi connectivity index (χ4v) is 3.39. The third kappa shape index (κ3) is 2.58. The van der Waals surface area contributed by atoms with Gasteiger partial charge < -0.3 is 14.2 Å². The van der Waals surface area contributed by atoms with Crippen LogP contribution in [0.4, 0.5) is 0 Å². The van der Waals surface area contributed by atoms with Crippen molar-refractivity contribution in [3.8, 4) is 0 Å². The van der Waals surface area contributed by atoms with Gasteiger partial charge in [-0.2, -0.15) is 4.98 Å². The summed E-state index contributed by atoms with van der Waals surface area (Å²) in [5, 5.41) is 4.81. The van der Waals surface area contributed by atoms with E-state index in [0.29, 0.717) is 23.2 Å². The van der Waals surface area contributed by atoms with Gasteiger partial charge in [-0.05, 0) is 43.7 Å². The van der Waals surface area contributed by atoms with E-state index in [0.717, 1.165) is 23.7 Å². The van der Waals surface area contributed by atoms with Crippen LogP contribution in [0, 0.1) is 12.8 Å². The zero-order valence-electron chi connectivity index (χ0n) is 13.8. The van der Waals surface area contributed by atoms with Crippen molar-refractivity contribution in [2.24, 2.45) is 5.92 Å². The molecule has 2 heterocycles. The second-order valence-corrected chi connectivity index (χ2v) is 6.47. The number of carbonyl (C=O) groups is 1. The van der Waals surface area contributed by atoms with Crippen molar-refractivity contribution < 1.29 is 14.1 Å². The van der Waals surface area contributed by atoms with E-state index in [1.807, 2.05) is 6.07 Å². The fraction of sp³-hybridized carbons (Fsp3) is 0.389. The van der Waals surface area contributed by atoms with Crippen molar-refractivity contribution in [3.05, 3.63) is 46.7 Å². The predicted molar refractivity (Wildman–Crippen MR) is 87.6 cm³/mol. The quantitative estimate of drug-likeness (QED) is 0.747. The van der Waals surface area contributed by atoms with Crippen molar-refractivity contribution in [1.29, 1.82) is 0 Å². The summed E-state index contributed by atoms with van der Waals surface area (Å²) in [6.07, 6.45) is 3.26. The Bertz CT molecular complexity index is 910. The molecular weight excluding hydrogens is 306 g/mol. The van der Waals surface area contributed by atoms with Crippen LogP contribution < -0.4 is 0 Å². The van der Waals surface area contributed by atoms with Gasteiger partial charge in [0.05, 0.1) is 11.1 Å². The molecule has 0 fully saturated rings. The molecule has 0 amide bonds. The van der Waals surface area contributed by atoms with Crippen LogP contribution in [-0.4, -0.2) is 21.1 Å². The SMILES string of the molecule is Cc1noc(COC(=O)c2cccc3c4c([nH]c23)CCC(C)C4)n1. The van der Waals surface area contributed by atoms with Crippen LogP contribution in [-0.2, 0) is 24.2 Å². The Morgan fingerprint density at radius 1 is 1.46 bits per heavy atom. The summed E-state index contributed by atoms with van der Waals surface area (Å²) >= 11 is 0. The lowest BCUT2D eigenvalue weighted by Gasteiger charge is -2.17. The van der Waals surface area contributed by atoms with E-state index in [-0.39, 0.29) is 12.6 Å². The molecule has 1 aliphatic carbocycles. The molecule has 0 bridgehead atoms. The molecule has 3 aromatic rings. The number of esters is 1. The largest absolute Gasteiger partial charge is 0.452 e. The molecule has 4 rings (SSSR count). The van der Waals surface area contributed by atoms with Gasteiger partial charge in [-0.3, -0.25) is 0 Å². The molecule has 6 heteroatoms. The van der Waals surface area contributed by atoms with Crippen LogP contribution in [0.3, 0.4) is 0 Å². The van der Waals surface area contributed by atoms with Gasteiger partial charge in [-0.25, -0.2) is 4.79 Å². The maximum absolute atomic E-state index is 12.5. The molecule has 0 saturated heterocycles. The summed E-state index contributed by atoms with van der Waals surface area (Å²) in [5.74, 6) is 1.11. The Morgan fingerprint density at radius 2 is 2.33 bits per heavy atom. The number of hydrogen-bond donors (Lipinski definition) is 1. The van der Waals surface area contributed by atoms with E-state index in [1.165, 1.54) is 17.7 Å². The smallest absolute Gasteiger partial charge is 0.340 e. The molecule has 1 N–H and O–H groups in total. The number of benzene rings is 1. The number of nitrogens with one attached hydrogen (secondary N) is 1. The number of aryl methyl sites for hydroxylation is 2. The summed E-state index contributed by atoms with van der Waals surface area (Å²) in [6, 6.07) is 5.76. The molecule has 0 saturated carbocycles. The number of ether oxygens (including phenoxy) is 1. The van der Waals surface area contributed by atoms with Crippen LogP contribution >= 0.6 is 0 Å². The van der Waals surface area contributed by atoms with Gasteiger partial charge in [-0.1, -0.05) is 24.2 Å². The van der Waals surface area contributed by atoms with Crippen LogP contribution in [0.15, 0.2) is 22.7 Å². The van der Waals surface area contributed by atoms with Crippen LogP contribution in [0.1, 0.15) is 46.7 Å². The molecule has 24 heavy (non-hydrogen) atoms. The first-order valence-electron chi connectivity index (χ1n) is 8.20. The van der Waals surface area contributed by atoms with Crippen LogP contribution in [0.25, 0.3) is 10.9 Å². The minimum Gasteiger partial charge on any atom is -0.452 e. The van der Waals surface area contributed by atoms with E-state index in [4.69, 9.17) is 9.26 Å². The van der Waals surface area contributed by atoms with E-state index in [2.05, 4.69) is 28.1 Å². The first-order chi connectivity index (χ1) is 11.6. The number of hydrogen-bond acceptors (Lipinski definition) is 5. The predicted octanol–water partition coefficient (Wildman–Crippen LogP) is 3.34. The van der Waals surface area contributed by atoms with Crippen molar-refractivity contribution in [1.82, 2.24) is 15.1 Å². The second-order valence-electron chi connectivity index (χ2n) is 6.47. The van der Waals surface area contributed by atoms with Gasteiger partial charge >= 0.3 is 5.97 Å². The van der Waals surface area contributed by atoms with E-state index < -0.39 is 0 Å². The van der Waals surface area contributed by atoms with E-state index >= 15 is 0 Å². The minimum absolute atomic E-state index is 0.0203. The molecule has 1 aromatic carbocycles. The van der Waals surface area contributed by atoms with Gasteiger partial charge in [0.25, 0.3) is 5.89 Å². The number of para-hydroxylation sites is 1. The lowest BCUT2D eigenvalue weighted by Crippen LogP contribution is -2.09. The summed E-state index contributed by atoms with van der Waals surface area (Å²) in [7, 11) is 0. The number of aromatic nitrogens is 3. The highest BCUT2D eigenvalue weighted by Gasteiger charge is 2.23. The Morgan fingerprint density at radius 3 is 3.12 bits per heavy atom. The standard InChI is InChI=1S/C18H19N3O3/c1-10-6-7-15-14(8-10)12-4-3-5-13(17(12)20-15)18(22)23-9-16-19-11(2)21-24-16/h3-5,10,20H,6-9H2,1-2H3. The molecule has 1 aliphatic rings. The Labute approximate surface area is 139 Å². The fourth-order valence-electron chi connectivity index (χ4n) is 3.39. The van der Waals surface area contributed by atoms with E-state index in [9.17, 15) is 4.79 Å². The maximum Gasteiger partial charge on any atom is 0.340 e. The summed E-state index contributed by atoms with van der Waals surface area (Å²) in [6.45, 7) is 3.97. The normalized spacial score (nSPS) is 17.0. The Balaban J connectivity index is 1.63. The minimum atomic E-state index is -0.386. The highest BCUT2D eigenvalue weighted by Crippen LogP contribution is 2.33. The van der Waals surface area contributed by atoms with Crippen LogP contribution in [0.2, 0.25) is 0 Å². The molecule has 1 atom stereocenters. The monoisotopic (exact) mass is 325 g/mol. The molecule has 0 radical (unpaired) electrons. The average Bonchev–Trinajstić information content (AvgIpc) is 3.15. The summed E-state index contributed by atoms with van der Waals surface area (Å²) in [5.41, 5.74) is 4.00. The topological polar surface area (TPSA) is 81.0 Å². The van der Waals surface area contributed by atoms with Crippen LogP contribution in [0.5, 0.6) is 0 Å². The molecule has 1 unspecified atom stereocenters. The zero-order chi connectivity index (χ0) is 16.7. The van der Waals surface area contributed by atoms with Crippen molar-refractivity contribution in [2.45, 2.75) is 39.7 Å². The number of carbonyl (C=O) groups excluding carboxylic acids is 1. The highest BCUT2D eigenvalue weighted by molar-refractivity contribution is 6.04. The van der Waals surface area contributed by atoms with Crippen molar-refractivity contribution in [3.63, 3.8) is 0 Å². The number of H-pyrrole nitrogens is 1. The van der Waals surface area contributed by atoms with Gasteiger partial charge in [0.1, 0.15) is 0 Å². The number of nitrogens with zero attached hydrogens (tertiary/aromatic N) is 2. The highest BCUT2D eigenvalue weighted by atomic mass is 16.6. The van der Waals surface area contributed by atoms with Gasteiger partial charge in [0.2, 0.25) is 0 Å². The first kappa shape index (κ1) is 14.9. The molecule has 6 nitrogen and oxygen atoms in total. The van der Waals surface area contributed by atoms with Gasteiger partial charge in [0, 0.05) is 11.1 Å². The molecule has 124 valence electrons. The maximum atomic E-state index is 12.5. The zero-order valence-corrected chi connectivity index (χ0v) is 13.8. The molecule has 0 aliphatic heterocycles. The number of aromatic amines is 1. The third-order valence-electron chi connectivity index (χ3n) is 4.59. The Hall–Kier alpha value is -2.63. The first-order valence-corrected chi connectivity index (χ1v) is 8.20. The van der Waals surface area contributed by atoms with Crippen molar-refractivity contribution >= 4 is 16.9 Å². The summed E-state index contributed by atoms with van der Waals surface area (Å²) < 4.78 is 10.3. The van der Waals surface area contributed by atoms with E-state index in [1.54, 1.807) is 13.0 Å². The Kier molecular flexibility index (Phi) is 3.59. The number of fused-ring (bicyclic) bond motifs is 3. The molecular formula is C18H19N3O3. The molecule has 0 spiro atoms. The summed E-state index contributed by atoms with van der Waals surface area (Å²) in [4.78, 5) is 20.0. The van der Waals surface area contributed by atoms with Gasteiger partial charge in [0.15, 0.2) is 12.4 Å². The lowest BCUT2D eigenvalue weighted by atomic mass is 9.87. The third-order valence-corrected chi connectivity index (χ3v) is 4.59. The van der Waals surface area contributed by atoms with Gasteiger partial charge in [-0.15, -0.1) is 0 Å².